The van der Waals surface area contributed by atoms with Crippen molar-refractivity contribution in [1.82, 2.24) is 9.80 Å². The molecule has 1 amide bonds. The van der Waals surface area contributed by atoms with Gasteiger partial charge in [0.2, 0.25) is 0 Å². The first-order chi connectivity index (χ1) is 9.61. The van der Waals surface area contributed by atoms with E-state index in [0.717, 1.165) is 19.6 Å². The fourth-order valence-electron chi connectivity index (χ4n) is 2.45. The maximum Gasteiger partial charge on any atom is 0.256 e. The van der Waals surface area contributed by atoms with E-state index < -0.39 is 5.82 Å². The zero-order valence-electron chi connectivity index (χ0n) is 11.9. The van der Waals surface area contributed by atoms with Crippen LogP contribution in [0.4, 0.5) is 4.39 Å². The van der Waals surface area contributed by atoms with Gasteiger partial charge < -0.3 is 10.6 Å². The summed E-state index contributed by atoms with van der Waals surface area (Å²) in [5.74, 6) is -0.199. The summed E-state index contributed by atoms with van der Waals surface area (Å²) in [7, 11) is 0. The second-order valence-electron chi connectivity index (χ2n) is 5.41. The lowest BCUT2D eigenvalue weighted by molar-refractivity contribution is 0.0617. The van der Waals surface area contributed by atoms with Crippen LogP contribution in [0, 0.1) is 11.7 Å². The van der Waals surface area contributed by atoms with Gasteiger partial charge in [0.15, 0.2) is 0 Å². The summed E-state index contributed by atoms with van der Waals surface area (Å²) in [5, 5.41) is 0. The highest BCUT2D eigenvalue weighted by atomic mass is 19.1. The molecular formula is C15H22FN3O. The minimum Gasteiger partial charge on any atom is -0.336 e. The summed E-state index contributed by atoms with van der Waals surface area (Å²) in [6.07, 6.45) is 0. The van der Waals surface area contributed by atoms with Gasteiger partial charge >= 0.3 is 0 Å². The van der Waals surface area contributed by atoms with Crippen LogP contribution < -0.4 is 5.73 Å². The molecule has 0 spiro atoms. The summed E-state index contributed by atoms with van der Waals surface area (Å²) in [4.78, 5) is 16.3. The number of piperazine rings is 1. The topological polar surface area (TPSA) is 49.6 Å². The van der Waals surface area contributed by atoms with E-state index in [-0.39, 0.29) is 11.5 Å². The second-order valence-corrected chi connectivity index (χ2v) is 5.41. The van der Waals surface area contributed by atoms with Gasteiger partial charge in [0, 0.05) is 32.7 Å². The SMILES string of the molecule is CC(CN)CN1CCN(C(=O)c2ccccc2F)CC1. The quantitative estimate of drug-likeness (QED) is 0.900. The van der Waals surface area contributed by atoms with E-state index in [4.69, 9.17) is 5.73 Å². The monoisotopic (exact) mass is 279 g/mol. The maximum atomic E-state index is 13.6. The Kier molecular flexibility index (Phi) is 5.09. The van der Waals surface area contributed by atoms with Crippen LogP contribution in [0.3, 0.4) is 0 Å². The Morgan fingerprint density at radius 2 is 1.95 bits per heavy atom. The highest BCUT2D eigenvalue weighted by Crippen LogP contribution is 2.12. The number of benzene rings is 1. The Labute approximate surface area is 119 Å². The second kappa shape index (κ2) is 6.81. The molecule has 1 heterocycles. The van der Waals surface area contributed by atoms with Crippen LogP contribution in [0.2, 0.25) is 0 Å². The van der Waals surface area contributed by atoms with Crippen molar-refractivity contribution in [3.8, 4) is 0 Å². The smallest absolute Gasteiger partial charge is 0.256 e. The van der Waals surface area contributed by atoms with Crippen LogP contribution in [0.5, 0.6) is 0 Å². The van der Waals surface area contributed by atoms with Gasteiger partial charge in [-0.15, -0.1) is 0 Å². The number of carbonyl (C=O) groups excluding carboxylic acids is 1. The molecule has 4 nitrogen and oxygen atoms in total. The first kappa shape index (κ1) is 14.9. The van der Waals surface area contributed by atoms with Crippen molar-refractivity contribution in [2.45, 2.75) is 6.92 Å². The third kappa shape index (κ3) is 3.55. The van der Waals surface area contributed by atoms with Crippen LogP contribution in [-0.4, -0.2) is 55.0 Å². The third-order valence-corrected chi connectivity index (χ3v) is 3.74. The zero-order valence-corrected chi connectivity index (χ0v) is 11.9. The molecule has 0 radical (unpaired) electrons. The summed E-state index contributed by atoms with van der Waals surface area (Å²) in [6.45, 7) is 6.69. The number of hydrogen-bond acceptors (Lipinski definition) is 3. The molecule has 5 heteroatoms. The number of nitrogens with two attached hydrogens (primary N) is 1. The lowest BCUT2D eigenvalue weighted by Gasteiger charge is -2.35. The number of halogens is 1. The molecule has 1 fully saturated rings. The van der Waals surface area contributed by atoms with Gasteiger partial charge in [0.05, 0.1) is 5.56 Å². The number of rotatable bonds is 4. The Morgan fingerprint density at radius 1 is 1.30 bits per heavy atom. The molecule has 1 aromatic carbocycles. The summed E-state index contributed by atoms with van der Waals surface area (Å²) >= 11 is 0. The average molecular weight is 279 g/mol. The van der Waals surface area contributed by atoms with Crippen LogP contribution in [0.15, 0.2) is 24.3 Å². The van der Waals surface area contributed by atoms with Crippen molar-refractivity contribution < 1.29 is 9.18 Å². The predicted molar refractivity (Wildman–Crippen MR) is 77.0 cm³/mol. The number of carbonyl (C=O) groups is 1. The molecule has 1 aliphatic heterocycles. The molecule has 1 saturated heterocycles. The molecule has 2 N–H and O–H groups in total. The zero-order chi connectivity index (χ0) is 14.5. The number of amides is 1. The largest absolute Gasteiger partial charge is 0.336 e. The molecule has 0 aromatic heterocycles. The molecular weight excluding hydrogens is 257 g/mol. The van der Waals surface area contributed by atoms with Gasteiger partial charge in [0.1, 0.15) is 5.82 Å². The minimum absolute atomic E-state index is 0.163. The molecule has 0 bridgehead atoms. The maximum absolute atomic E-state index is 13.6. The Bertz CT molecular complexity index is 458. The molecule has 1 unspecified atom stereocenters. The van der Waals surface area contributed by atoms with E-state index >= 15 is 0 Å². The van der Waals surface area contributed by atoms with Gasteiger partial charge in [-0.2, -0.15) is 0 Å². The van der Waals surface area contributed by atoms with Crippen LogP contribution in [0.25, 0.3) is 0 Å². The standard InChI is InChI=1S/C15H22FN3O/c1-12(10-17)11-18-6-8-19(9-7-18)15(20)13-4-2-3-5-14(13)16/h2-5,12H,6-11,17H2,1H3. The van der Waals surface area contributed by atoms with Gasteiger partial charge in [0.25, 0.3) is 5.91 Å². The molecule has 0 aliphatic carbocycles. The number of nitrogens with zero attached hydrogens (tertiary/aromatic N) is 2. The highest BCUT2D eigenvalue weighted by molar-refractivity contribution is 5.94. The van der Waals surface area contributed by atoms with E-state index in [0.29, 0.717) is 25.6 Å². The number of hydrogen-bond donors (Lipinski definition) is 1. The fraction of sp³-hybridized carbons (Fsp3) is 0.533. The minimum atomic E-state index is -0.448. The molecule has 2 rings (SSSR count). The van der Waals surface area contributed by atoms with Crippen LogP contribution in [0.1, 0.15) is 17.3 Å². The van der Waals surface area contributed by atoms with Crippen molar-refractivity contribution in [3.63, 3.8) is 0 Å². The van der Waals surface area contributed by atoms with Crippen molar-refractivity contribution in [1.29, 1.82) is 0 Å². The van der Waals surface area contributed by atoms with Crippen molar-refractivity contribution in [2.75, 3.05) is 39.3 Å². The highest BCUT2D eigenvalue weighted by Gasteiger charge is 2.24. The Balaban J connectivity index is 1.91. The molecule has 1 aliphatic rings. The van der Waals surface area contributed by atoms with Crippen LogP contribution in [-0.2, 0) is 0 Å². The average Bonchev–Trinajstić information content (AvgIpc) is 2.47. The molecule has 110 valence electrons. The third-order valence-electron chi connectivity index (χ3n) is 3.74. The van der Waals surface area contributed by atoms with E-state index in [2.05, 4.69) is 11.8 Å². The summed E-state index contributed by atoms with van der Waals surface area (Å²) < 4.78 is 13.6. The van der Waals surface area contributed by atoms with Crippen molar-refractivity contribution in [2.24, 2.45) is 11.7 Å². The normalized spacial score (nSPS) is 18.1. The van der Waals surface area contributed by atoms with Crippen molar-refractivity contribution in [3.05, 3.63) is 35.6 Å². The summed E-state index contributed by atoms with van der Waals surface area (Å²) in [5.41, 5.74) is 5.79. The van der Waals surface area contributed by atoms with Crippen LogP contribution >= 0.6 is 0 Å². The fourth-order valence-corrected chi connectivity index (χ4v) is 2.45. The van der Waals surface area contributed by atoms with Gasteiger partial charge in [-0.25, -0.2) is 4.39 Å². The van der Waals surface area contributed by atoms with Gasteiger partial charge in [-0.3, -0.25) is 9.69 Å². The lowest BCUT2D eigenvalue weighted by atomic mass is 10.1. The van der Waals surface area contributed by atoms with Crippen molar-refractivity contribution >= 4 is 5.91 Å². The molecule has 1 atom stereocenters. The first-order valence-electron chi connectivity index (χ1n) is 7.08. The predicted octanol–water partition coefficient (Wildman–Crippen LogP) is 1.18. The van der Waals surface area contributed by atoms with E-state index in [1.807, 2.05) is 0 Å². The first-order valence-corrected chi connectivity index (χ1v) is 7.08. The summed E-state index contributed by atoms with van der Waals surface area (Å²) in [6, 6.07) is 6.15. The lowest BCUT2D eigenvalue weighted by Crippen LogP contribution is -2.50. The van der Waals surface area contributed by atoms with E-state index in [1.165, 1.54) is 6.07 Å². The van der Waals surface area contributed by atoms with Gasteiger partial charge in [-0.05, 0) is 24.6 Å². The molecule has 0 saturated carbocycles. The molecule has 20 heavy (non-hydrogen) atoms. The van der Waals surface area contributed by atoms with E-state index in [9.17, 15) is 9.18 Å². The van der Waals surface area contributed by atoms with E-state index in [1.54, 1.807) is 23.1 Å². The Morgan fingerprint density at radius 3 is 2.55 bits per heavy atom. The van der Waals surface area contributed by atoms with Gasteiger partial charge in [-0.1, -0.05) is 19.1 Å². The molecule has 1 aromatic rings. The Hall–Kier alpha value is -1.46.